The number of Topliss-reactive ketones (excluding diaryl/α,β-unsaturated/α-hetero) is 1. The Labute approximate surface area is 171 Å². The lowest BCUT2D eigenvalue weighted by Gasteiger charge is -2.47. The van der Waals surface area contributed by atoms with E-state index < -0.39 is 11.1 Å². The predicted molar refractivity (Wildman–Crippen MR) is 106 cm³/mol. The summed E-state index contributed by atoms with van der Waals surface area (Å²) in [5.74, 6) is 1.93. The lowest BCUT2D eigenvalue weighted by Crippen LogP contribution is -2.58. The van der Waals surface area contributed by atoms with Crippen LogP contribution in [0.4, 0.5) is 0 Å². The summed E-state index contributed by atoms with van der Waals surface area (Å²) >= 11 is 0. The van der Waals surface area contributed by atoms with Crippen LogP contribution < -0.4 is 9.47 Å². The first-order chi connectivity index (χ1) is 14.0. The van der Waals surface area contributed by atoms with Gasteiger partial charge in [-0.2, -0.15) is 0 Å². The topological polar surface area (TPSA) is 66.5 Å². The highest BCUT2D eigenvalue weighted by molar-refractivity contribution is 5.94. The molecule has 0 aromatic heterocycles. The van der Waals surface area contributed by atoms with Gasteiger partial charge in [-0.3, -0.25) is 9.69 Å². The number of ketones is 1. The Balaban J connectivity index is 2.03. The van der Waals surface area contributed by atoms with Crippen LogP contribution in [0.1, 0.15) is 30.4 Å². The summed E-state index contributed by atoms with van der Waals surface area (Å²) in [4.78, 5) is 15.5. The van der Waals surface area contributed by atoms with Crippen molar-refractivity contribution in [3.8, 4) is 11.5 Å². The number of methoxy groups -OCH3 is 4. The summed E-state index contributed by atoms with van der Waals surface area (Å²) < 4.78 is 28.6. The van der Waals surface area contributed by atoms with E-state index in [0.717, 1.165) is 30.4 Å². The number of hydrogen-bond donors (Lipinski definition) is 0. The van der Waals surface area contributed by atoms with Crippen molar-refractivity contribution < 1.29 is 28.5 Å². The lowest BCUT2D eigenvalue weighted by atomic mass is 9.59. The third-order valence-electron chi connectivity index (χ3n) is 6.78. The van der Waals surface area contributed by atoms with Gasteiger partial charge in [-0.15, -0.1) is 0 Å². The van der Waals surface area contributed by atoms with Gasteiger partial charge in [0.2, 0.25) is 5.72 Å². The zero-order valence-corrected chi connectivity index (χ0v) is 17.8. The minimum Gasteiger partial charge on any atom is -0.496 e. The van der Waals surface area contributed by atoms with E-state index in [1.807, 2.05) is 18.0 Å². The van der Waals surface area contributed by atoms with Crippen molar-refractivity contribution in [1.82, 2.24) is 4.90 Å². The largest absolute Gasteiger partial charge is 0.496 e. The molecule has 7 heteroatoms. The maximum atomic E-state index is 13.6. The Morgan fingerprint density at radius 1 is 1.10 bits per heavy atom. The molecule has 1 fully saturated rings. The van der Waals surface area contributed by atoms with Crippen LogP contribution in [0.2, 0.25) is 0 Å². The molecule has 2 aliphatic heterocycles. The third kappa shape index (κ3) is 2.57. The SMILES string of the molecule is COCOc1c(OC)ccc2c1[C@]13CCN(C)[C@@](OC)(C(=O)C1)C(OC)=C3CC2. The van der Waals surface area contributed by atoms with E-state index in [9.17, 15) is 4.79 Å². The number of allylic oxidation sites excluding steroid dienone is 1. The van der Waals surface area contributed by atoms with Gasteiger partial charge in [-0.1, -0.05) is 6.07 Å². The molecule has 5 rings (SSSR count). The van der Waals surface area contributed by atoms with E-state index in [1.54, 1.807) is 28.4 Å². The molecule has 1 saturated heterocycles. The summed E-state index contributed by atoms with van der Waals surface area (Å²) in [6, 6.07) is 4.02. The summed E-state index contributed by atoms with van der Waals surface area (Å²) in [6.45, 7) is 0.797. The number of aryl methyl sites for hydroxylation is 1. The van der Waals surface area contributed by atoms with Crippen LogP contribution in [0.5, 0.6) is 11.5 Å². The number of benzene rings is 1. The molecule has 158 valence electrons. The standard InChI is InChI=1S/C22H29NO6/c1-23-11-10-21-12-17(24)22(23,28-5)20(27-4)15(21)8-6-14-7-9-16(26-3)19(18(14)21)29-13-25-2/h7,9H,6,8,10-13H2,1-5H3/t21-,22-/m1/s1. The summed E-state index contributed by atoms with van der Waals surface area (Å²) in [6.07, 6.45) is 2.77. The molecule has 1 aromatic carbocycles. The monoisotopic (exact) mass is 403 g/mol. The Morgan fingerprint density at radius 3 is 2.55 bits per heavy atom. The Hall–Kier alpha value is -2.09. The van der Waals surface area contributed by atoms with Gasteiger partial charge in [0.05, 0.1) is 14.2 Å². The van der Waals surface area contributed by atoms with Crippen molar-refractivity contribution in [2.45, 2.75) is 36.8 Å². The fourth-order valence-corrected chi connectivity index (χ4v) is 5.55. The molecule has 1 spiro atoms. The van der Waals surface area contributed by atoms with Crippen molar-refractivity contribution in [2.24, 2.45) is 0 Å². The lowest BCUT2D eigenvalue weighted by molar-refractivity contribution is -0.165. The second kappa shape index (κ2) is 7.31. The van der Waals surface area contributed by atoms with Gasteiger partial charge < -0.3 is 23.7 Å². The van der Waals surface area contributed by atoms with Crippen molar-refractivity contribution >= 4 is 5.78 Å². The van der Waals surface area contributed by atoms with Gasteiger partial charge >= 0.3 is 0 Å². The van der Waals surface area contributed by atoms with Crippen molar-refractivity contribution in [3.05, 3.63) is 34.6 Å². The average Bonchev–Trinajstić information content (AvgIpc) is 2.91. The molecule has 0 radical (unpaired) electrons. The number of nitrogens with zero attached hydrogens (tertiary/aromatic N) is 1. The van der Waals surface area contributed by atoms with Gasteiger partial charge in [0.15, 0.2) is 29.8 Å². The summed E-state index contributed by atoms with van der Waals surface area (Å²) in [5, 5.41) is 0. The number of carbonyl (C=O) groups excluding carboxylic acids is 1. The van der Waals surface area contributed by atoms with Crippen LogP contribution >= 0.6 is 0 Å². The molecule has 1 aromatic rings. The van der Waals surface area contributed by atoms with Crippen LogP contribution in [0.3, 0.4) is 0 Å². The normalized spacial score (nSPS) is 28.7. The van der Waals surface area contributed by atoms with Gasteiger partial charge in [-0.25, -0.2) is 0 Å². The molecule has 2 heterocycles. The highest BCUT2D eigenvalue weighted by atomic mass is 16.7. The van der Waals surface area contributed by atoms with E-state index in [4.69, 9.17) is 23.7 Å². The van der Waals surface area contributed by atoms with Crippen LogP contribution in [0.25, 0.3) is 0 Å². The molecule has 0 unspecified atom stereocenters. The van der Waals surface area contributed by atoms with Crippen LogP contribution in [-0.2, 0) is 30.8 Å². The molecule has 2 bridgehead atoms. The third-order valence-corrected chi connectivity index (χ3v) is 6.78. The van der Waals surface area contributed by atoms with E-state index in [-0.39, 0.29) is 12.6 Å². The molecule has 0 amide bonds. The molecule has 2 aliphatic carbocycles. The first kappa shape index (κ1) is 20.2. The van der Waals surface area contributed by atoms with E-state index in [2.05, 4.69) is 6.07 Å². The minimum absolute atomic E-state index is 0.00830. The molecule has 0 N–H and O–H groups in total. The molecular formula is C22H29NO6. The summed E-state index contributed by atoms with van der Waals surface area (Å²) in [7, 11) is 8.35. The molecule has 7 nitrogen and oxygen atoms in total. The second-order valence-corrected chi connectivity index (χ2v) is 7.90. The van der Waals surface area contributed by atoms with Gasteiger partial charge in [-0.05, 0) is 43.5 Å². The number of carbonyl (C=O) groups is 1. The maximum absolute atomic E-state index is 13.6. The zero-order chi connectivity index (χ0) is 20.8. The van der Waals surface area contributed by atoms with E-state index >= 15 is 0 Å². The number of fused-ring (bicyclic) bond motifs is 4. The smallest absolute Gasteiger partial charge is 0.239 e. The van der Waals surface area contributed by atoms with Crippen molar-refractivity contribution in [2.75, 3.05) is 48.8 Å². The van der Waals surface area contributed by atoms with Crippen molar-refractivity contribution in [3.63, 3.8) is 0 Å². The van der Waals surface area contributed by atoms with Crippen LogP contribution in [-0.4, -0.2) is 65.2 Å². The first-order valence-electron chi connectivity index (χ1n) is 9.90. The van der Waals surface area contributed by atoms with E-state index in [0.29, 0.717) is 30.2 Å². The Kier molecular flexibility index (Phi) is 5.09. The van der Waals surface area contributed by atoms with Gasteiger partial charge in [0.25, 0.3) is 0 Å². The number of rotatable bonds is 6. The molecule has 29 heavy (non-hydrogen) atoms. The van der Waals surface area contributed by atoms with Gasteiger partial charge in [0, 0.05) is 38.2 Å². The predicted octanol–water partition coefficient (Wildman–Crippen LogP) is 2.41. The molecular weight excluding hydrogens is 374 g/mol. The maximum Gasteiger partial charge on any atom is 0.239 e. The van der Waals surface area contributed by atoms with Gasteiger partial charge in [0.1, 0.15) is 0 Å². The average molecular weight is 403 g/mol. The fraction of sp³-hybridized carbons (Fsp3) is 0.591. The molecule has 4 aliphatic rings. The Morgan fingerprint density at radius 2 is 1.90 bits per heavy atom. The van der Waals surface area contributed by atoms with Crippen LogP contribution in [0.15, 0.2) is 23.5 Å². The minimum atomic E-state index is -1.16. The highest BCUT2D eigenvalue weighted by Gasteiger charge is 2.62. The summed E-state index contributed by atoms with van der Waals surface area (Å²) in [5.41, 5.74) is 1.68. The van der Waals surface area contributed by atoms with Crippen molar-refractivity contribution in [1.29, 1.82) is 0 Å². The fourth-order valence-electron chi connectivity index (χ4n) is 5.55. The Bertz CT molecular complexity index is 865. The number of hydrogen-bond acceptors (Lipinski definition) is 7. The number of likely N-dealkylation sites (N-methyl/N-ethyl adjacent to an activating group) is 1. The van der Waals surface area contributed by atoms with E-state index in [1.165, 1.54) is 5.56 Å². The quantitative estimate of drug-likeness (QED) is 0.676. The molecule has 0 saturated carbocycles. The number of ether oxygens (including phenoxy) is 5. The second-order valence-electron chi connectivity index (χ2n) is 7.90. The molecule has 2 atom stereocenters. The zero-order valence-electron chi connectivity index (χ0n) is 17.8. The van der Waals surface area contributed by atoms with Crippen LogP contribution in [0, 0.1) is 0 Å². The first-order valence-corrected chi connectivity index (χ1v) is 9.90. The highest BCUT2D eigenvalue weighted by Crippen LogP contribution is 2.59.